The van der Waals surface area contributed by atoms with E-state index in [4.69, 9.17) is 84.9 Å². The van der Waals surface area contributed by atoms with E-state index in [0.717, 1.165) is 111 Å². The van der Waals surface area contributed by atoms with Crippen LogP contribution in [0.25, 0.3) is 4.98 Å². The summed E-state index contributed by atoms with van der Waals surface area (Å²) in [5.41, 5.74) is 5.31. The van der Waals surface area contributed by atoms with Crippen molar-refractivity contribution in [3.63, 3.8) is 0 Å². The predicted molar refractivity (Wildman–Crippen MR) is 541 cm³/mol. The first kappa shape index (κ1) is 129. The summed E-state index contributed by atoms with van der Waals surface area (Å²) in [6.07, 6.45) is 101. The molecule has 17 aliphatic carbocycles. The van der Waals surface area contributed by atoms with Gasteiger partial charge in [-0.2, -0.15) is 0 Å². The van der Waals surface area contributed by atoms with Crippen molar-refractivity contribution in [1.29, 1.82) is 0 Å². The van der Waals surface area contributed by atoms with Gasteiger partial charge in [-0.25, -0.2) is 0 Å². The van der Waals surface area contributed by atoms with Crippen LogP contribution in [0.5, 0.6) is 0 Å². The fraction of sp³-hybridized carbons (Fsp3) is 0.644. The van der Waals surface area contributed by atoms with Crippen LogP contribution in [-0.2, 0) is 99.0 Å². The zero-order valence-electron chi connectivity index (χ0n) is 78.8. The molecule has 2 N–H and O–H groups in total. The van der Waals surface area contributed by atoms with Gasteiger partial charge < -0.3 is 74.6 Å². The van der Waals surface area contributed by atoms with E-state index < -0.39 is 104 Å². The Hall–Kier alpha value is 3.58. The Morgan fingerprint density at radius 1 is 0.364 bits per heavy atom. The van der Waals surface area contributed by atoms with Gasteiger partial charge in [0.15, 0.2) is 0 Å². The predicted octanol–water partition coefficient (Wildman–Crippen LogP) is 35.6. The monoisotopic (exact) mass is 2190 g/mol. The maximum absolute atomic E-state index is 7.57. The molecular weight excluding hydrogens is 2030 g/mol. The van der Waals surface area contributed by atoms with Crippen molar-refractivity contribution in [3.05, 3.63) is 235 Å². The maximum atomic E-state index is 7.57. The molecule has 0 heterocycles. The number of rotatable bonds is 10. The van der Waals surface area contributed by atoms with Crippen molar-refractivity contribution in [3.8, 4) is 0 Å². The van der Waals surface area contributed by atoms with Crippen LogP contribution in [0.1, 0.15) is 189 Å². The summed E-state index contributed by atoms with van der Waals surface area (Å²) in [4.78, 5) is 4.93. The molecule has 10 saturated carbocycles. The van der Waals surface area contributed by atoms with Crippen LogP contribution < -0.4 is 0 Å². The summed E-state index contributed by atoms with van der Waals surface area (Å²) >= 11 is -1.56. The van der Waals surface area contributed by atoms with Gasteiger partial charge in [0.25, 0.3) is 0 Å². The molecule has 3 nitrogen and oxygen atoms in total. The van der Waals surface area contributed by atoms with E-state index in [0.29, 0.717) is 29.7 Å². The van der Waals surface area contributed by atoms with Crippen LogP contribution >= 0.6 is 79.0 Å². The molecule has 0 aromatic carbocycles. The van der Waals surface area contributed by atoms with Gasteiger partial charge in [-0.05, 0) is 205 Å². The summed E-state index contributed by atoms with van der Waals surface area (Å²) < 4.78 is 0. The molecule has 24 atom stereocenters. The summed E-state index contributed by atoms with van der Waals surface area (Å²) in [6.45, 7) is 29.4. The third-order valence-corrected chi connectivity index (χ3v) is 44.6. The van der Waals surface area contributed by atoms with E-state index in [1.54, 1.807) is 90.9 Å². The molecule has 686 valence electrons. The van der Waals surface area contributed by atoms with Crippen molar-refractivity contribution < 1.29 is 109 Å². The van der Waals surface area contributed by atoms with E-state index in [-0.39, 0.29) is 72.6 Å². The second kappa shape index (κ2) is 69.4. The van der Waals surface area contributed by atoms with E-state index >= 15 is 0 Å². The number of aliphatic hydroxyl groups is 2. The zero-order valence-corrected chi connectivity index (χ0v) is 99.1. The van der Waals surface area contributed by atoms with Crippen LogP contribution in [0.4, 0.5) is 0 Å². The molecular formula is C101H168Cl9NO2Si3Ti2Zr3-2. The molecule has 10 fully saturated rings. The fourth-order valence-corrected chi connectivity index (χ4v) is 41.7. The van der Waals surface area contributed by atoms with Crippen molar-refractivity contribution in [2.24, 2.45) is 130 Å². The minimum absolute atomic E-state index is 0. The van der Waals surface area contributed by atoms with E-state index in [2.05, 4.69) is 246 Å². The molecule has 20 heteroatoms. The number of hydrogen-bond donors (Lipinski definition) is 2. The quantitative estimate of drug-likeness (QED) is 0.169. The van der Waals surface area contributed by atoms with E-state index in [1.165, 1.54) is 113 Å². The van der Waals surface area contributed by atoms with Crippen LogP contribution in [-0.4, -0.2) is 53.9 Å². The summed E-state index contributed by atoms with van der Waals surface area (Å²) in [5, 5.41) is 15.1. The normalized spacial score (nSPS) is 34.2. The first-order valence-electron chi connectivity index (χ1n) is 44.0. The van der Waals surface area contributed by atoms with Crippen LogP contribution in [0.15, 0.2) is 170 Å². The van der Waals surface area contributed by atoms with Gasteiger partial charge >= 0.3 is 178 Å². The molecule has 0 amide bonds. The molecule has 0 aliphatic heterocycles. The van der Waals surface area contributed by atoms with Crippen LogP contribution in [0.2, 0.25) is 67.0 Å². The molecule has 0 spiro atoms. The molecule has 17 aliphatic rings. The van der Waals surface area contributed by atoms with Crippen molar-refractivity contribution in [1.82, 2.24) is 0 Å². The first-order valence-corrected chi connectivity index (χ1v) is 78.8. The Kier molecular flexibility index (Phi) is 73.8. The van der Waals surface area contributed by atoms with Crippen molar-refractivity contribution in [2.45, 2.75) is 262 Å². The van der Waals surface area contributed by atoms with Gasteiger partial charge in [0.2, 0.25) is 0 Å². The second-order valence-corrected chi connectivity index (χ2v) is 65.6. The second-order valence-electron chi connectivity index (χ2n) is 37.3. The van der Waals surface area contributed by atoms with E-state index in [1.807, 2.05) is 0 Å². The van der Waals surface area contributed by atoms with Crippen LogP contribution in [0.3, 0.4) is 0 Å². The first-order chi connectivity index (χ1) is 54.6. The van der Waals surface area contributed by atoms with Gasteiger partial charge in [0.1, 0.15) is 0 Å². The molecule has 121 heavy (non-hydrogen) atoms. The third-order valence-electron chi connectivity index (χ3n) is 30.2. The Morgan fingerprint density at radius 2 is 0.612 bits per heavy atom. The number of allylic oxidation sites excluding steroid dienone is 28. The molecule has 0 saturated heterocycles. The Morgan fingerprint density at radius 3 is 0.901 bits per heavy atom. The average molecular weight is 2200 g/mol. The number of aliphatic hydroxyl groups excluding tert-OH is 2. The SMILES string of the molecule is C1=CC2C3C=CC=CC3C(CCC3C4C=CC=CC4C4C=CC=CC43)C2C=C1.C1=CC2CCCC2C=C1.CC(C)[N-][Si](C)(C)C1CCCC1.CC1CC2C=CC=CC2C1[Si](C)(C)C1C(C)CC2C=CC=CC21.CCO.CCO.C[Si](C)(C1CCC2CCCCC21)C1CCC2CCCCC21.[CH3-].[CH3-].[CH3-].[CH3-].[CH3-].[CH3-].[CH3-].[CH3-].[Cl][Ti+].[Cl][Ti][Cl].[Cl][Zr+2][Cl].[Cl][Zr+2][Cl].[Cl][Zr+2][Cl]. The summed E-state index contributed by atoms with van der Waals surface area (Å²) in [5.74, 6) is 18.8. The standard InChI is InChI=1S/C28H30.C22H32Si.C20H36Si.C10H22NSi.C9H12.2C2H6O.8CH3.9ClH.2Ti.3Zr/c1-5-13-23-19(9-1)20-10-2-6-14-24(20)27(23)17-18-28-25-15-7-3-11-21(25)22-12-4-8-16-26(22)28;1-15-13-17-9-5-7-11-19(17)21(15)23(3,4)22-16(2)14-18-10-6-8-12-20(18)22;1-21(2,19-13-11-15-7-3-5-9-17(15)19)20-14-12-16-8-4-6-10-18(16)20;1-9(2)11-12(3,4)10-7-5-6-8-10;1-2-5-9-7-3-6-8(9)4-1;2*1-2-3;;;;;;;;;;;;;;;;;;;;;;/h1-16,19-28H,17-18H2;5-12,15-22H,13-14H2,1-4H3;15-20H,3-14H2,1-2H3;9-10H,5-8H2,1-4H3;1-2,4-5,8-9H,3,6-7H2;2*3H,2H2,1H3;8*1H3;9*1H;;;;;/q;;;-1;;;;8*-1;;;;;;;;;;2*+2;3*+4/p-9. The third kappa shape index (κ3) is 37.2. The Balaban J connectivity index is -0.00000138. The number of nitrogens with zero attached hydrogens (tertiary/aromatic N) is 1. The summed E-state index contributed by atoms with van der Waals surface area (Å²) in [6, 6.07) is 0.548. The number of hydrogen-bond acceptors (Lipinski definition) is 2. The Labute approximate surface area is 841 Å². The molecule has 0 aromatic rings. The molecule has 17 rings (SSSR count). The van der Waals surface area contributed by atoms with Crippen molar-refractivity contribution >= 4 is 103 Å². The van der Waals surface area contributed by atoms with Gasteiger partial charge in [-0.15, -0.1) is 6.04 Å². The van der Waals surface area contributed by atoms with Crippen LogP contribution in [0, 0.1) is 190 Å². The van der Waals surface area contributed by atoms with Gasteiger partial charge in [-0.3, -0.25) is 0 Å². The average Bonchev–Trinajstić information content (AvgIpc) is 1.60. The van der Waals surface area contributed by atoms with Crippen molar-refractivity contribution in [2.75, 3.05) is 13.2 Å². The van der Waals surface area contributed by atoms with Gasteiger partial charge in [0.05, 0.1) is 16.1 Å². The molecule has 0 radical (unpaired) electrons. The number of fused-ring (bicyclic) bond motifs is 11. The topological polar surface area (TPSA) is 54.6 Å². The molecule has 0 aromatic heterocycles. The summed E-state index contributed by atoms with van der Waals surface area (Å²) in [7, 11) is 40.4. The fourth-order valence-electron chi connectivity index (χ4n) is 26.6. The van der Waals surface area contributed by atoms with E-state index in [9.17, 15) is 0 Å². The minimum atomic E-state index is -1.35. The molecule has 0 bridgehead atoms. The van der Waals surface area contributed by atoms with Gasteiger partial charge in [-0.1, -0.05) is 360 Å². The molecule has 24 unspecified atom stereocenters. The zero-order chi connectivity index (χ0) is 82.7. The Bertz CT molecular complexity index is 2880. The van der Waals surface area contributed by atoms with Gasteiger partial charge in [0, 0.05) is 13.2 Å². The number of halogens is 9.